The predicted octanol–water partition coefficient (Wildman–Crippen LogP) is 0.203. The first-order chi connectivity index (χ1) is 6.63. The van der Waals surface area contributed by atoms with Crippen molar-refractivity contribution in [3.8, 4) is 0 Å². The number of rotatable bonds is 5. The largest absolute Gasteiger partial charge is 0.390 e. The normalized spacial score (nSPS) is 13.5. The fraction of sp³-hybridized carbons (Fsp3) is 0.667. The zero-order valence-corrected chi connectivity index (χ0v) is 9.42. The van der Waals surface area contributed by atoms with Gasteiger partial charge in [-0.05, 0) is 14.0 Å². The summed E-state index contributed by atoms with van der Waals surface area (Å²) < 4.78 is 0. The molecule has 0 aliphatic heterocycles. The Labute approximate surface area is 88.4 Å². The molecule has 0 saturated heterocycles. The molecule has 1 aromatic rings. The molecule has 1 heterocycles. The second-order valence-electron chi connectivity index (χ2n) is 3.45. The first-order valence-corrected chi connectivity index (χ1v) is 5.47. The summed E-state index contributed by atoms with van der Waals surface area (Å²) in [5.74, 6) is 0. The van der Waals surface area contributed by atoms with Crippen LogP contribution in [0.15, 0.2) is 5.51 Å². The monoisotopic (exact) mass is 215 g/mol. The van der Waals surface area contributed by atoms with Crippen LogP contribution < -0.4 is 5.73 Å². The Bertz CT molecular complexity index is 277. The number of likely N-dealkylation sites (N-methyl/N-ethyl adjacent to an activating group) is 1. The van der Waals surface area contributed by atoms with Gasteiger partial charge in [-0.15, -0.1) is 11.3 Å². The Morgan fingerprint density at radius 3 is 2.93 bits per heavy atom. The molecule has 1 aromatic heterocycles. The third-order valence-corrected chi connectivity index (χ3v) is 2.97. The van der Waals surface area contributed by atoms with Crippen molar-refractivity contribution < 1.29 is 5.11 Å². The van der Waals surface area contributed by atoms with E-state index in [-0.39, 0.29) is 0 Å². The molecule has 0 spiro atoms. The second-order valence-corrected chi connectivity index (χ2v) is 4.39. The molecule has 1 atom stereocenters. The number of hydrogen-bond acceptors (Lipinski definition) is 5. The molecule has 0 fully saturated rings. The topological polar surface area (TPSA) is 62.4 Å². The summed E-state index contributed by atoms with van der Waals surface area (Å²) in [6.45, 7) is 3.74. The van der Waals surface area contributed by atoms with Crippen molar-refractivity contribution in [2.75, 3.05) is 20.1 Å². The number of aryl methyl sites for hydroxylation is 1. The van der Waals surface area contributed by atoms with Crippen LogP contribution in [0.4, 0.5) is 0 Å². The van der Waals surface area contributed by atoms with E-state index in [0.29, 0.717) is 13.1 Å². The average Bonchev–Trinajstić information content (AvgIpc) is 2.51. The lowest BCUT2D eigenvalue weighted by molar-refractivity contribution is 0.130. The highest BCUT2D eigenvalue weighted by molar-refractivity contribution is 7.09. The molecule has 14 heavy (non-hydrogen) atoms. The van der Waals surface area contributed by atoms with E-state index in [9.17, 15) is 5.11 Å². The summed E-state index contributed by atoms with van der Waals surface area (Å²) >= 11 is 1.65. The van der Waals surface area contributed by atoms with Crippen molar-refractivity contribution >= 4 is 11.3 Å². The molecule has 0 aliphatic rings. The van der Waals surface area contributed by atoms with Gasteiger partial charge in [-0.3, -0.25) is 4.90 Å². The maximum atomic E-state index is 9.35. The van der Waals surface area contributed by atoms with Gasteiger partial charge < -0.3 is 10.8 Å². The highest BCUT2D eigenvalue weighted by Gasteiger charge is 2.09. The van der Waals surface area contributed by atoms with Gasteiger partial charge in [-0.1, -0.05) is 0 Å². The lowest BCUT2D eigenvalue weighted by Crippen LogP contribution is -2.33. The Hall–Kier alpha value is -0.490. The molecule has 0 bridgehead atoms. The third kappa shape index (κ3) is 3.34. The first kappa shape index (κ1) is 11.6. The van der Waals surface area contributed by atoms with Gasteiger partial charge in [-0.25, -0.2) is 4.98 Å². The van der Waals surface area contributed by atoms with Crippen LogP contribution in [0.2, 0.25) is 0 Å². The molecule has 0 aromatic carbocycles. The average molecular weight is 215 g/mol. The van der Waals surface area contributed by atoms with Crippen LogP contribution in [0.3, 0.4) is 0 Å². The van der Waals surface area contributed by atoms with Crippen LogP contribution >= 0.6 is 11.3 Å². The van der Waals surface area contributed by atoms with E-state index in [4.69, 9.17) is 5.73 Å². The molecule has 0 aliphatic carbocycles. The predicted molar refractivity (Wildman–Crippen MR) is 58.2 cm³/mol. The fourth-order valence-electron chi connectivity index (χ4n) is 1.22. The minimum Gasteiger partial charge on any atom is -0.390 e. The summed E-state index contributed by atoms with van der Waals surface area (Å²) in [7, 11) is 1.97. The number of aliphatic hydroxyl groups excluding tert-OH is 1. The number of hydrogen-bond donors (Lipinski definition) is 2. The summed E-state index contributed by atoms with van der Waals surface area (Å²) in [6, 6.07) is 0. The highest BCUT2D eigenvalue weighted by atomic mass is 32.1. The van der Waals surface area contributed by atoms with E-state index in [2.05, 4.69) is 9.88 Å². The van der Waals surface area contributed by atoms with E-state index in [1.54, 1.807) is 11.3 Å². The van der Waals surface area contributed by atoms with Crippen LogP contribution in [0.5, 0.6) is 0 Å². The molecule has 80 valence electrons. The lowest BCUT2D eigenvalue weighted by Gasteiger charge is -2.18. The zero-order valence-electron chi connectivity index (χ0n) is 8.60. The van der Waals surface area contributed by atoms with Gasteiger partial charge in [-0.2, -0.15) is 0 Å². The van der Waals surface area contributed by atoms with Gasteiger partial charge in [0.15, 0.2) is 0 Å². The fourth-order valence-corrected chi connectivity index (χ4v) is 2.08. The van der Waals surface area contributed by atoms with Gasteiger partial charge in [0.05, 0.1) is 17.3 Å². The number of thiazole rings is 1. The van der Waals surface area contributed by atoms with Crippen molar-refractivity contribution in [2.24, 2.45) is 5.73 Å². The van der Waals surface area contributed by atoms with Crippen LogP contribution in [0.1, 0.15) is 10.6 Å². The minimum absolute atomic E-state index is 0.312. The SMILES string of the molecule is Cc1ncsc1CN(C)CC(O)CN. The second kappa shape index (κ2) is 5.41. The maximum Gasteiger partial charge on any atom is 0.0798 e. The van der Waals surface area contributed by atoms with Crippen LogP contribution in [-0.2, 0) is 6.54 Å². The van der Waals surface area contributed by atoms with E-state index in [1.165, 1.54) is 4.88 Å². The first-order valence-electron chi connectivity index (χ1n) is 4.59. The molecule has 5 heteroatoms. The molecule has 0 amide bonds. The van der Waals surface area contributed by atoms with E-state index < -0.39 is 6.10 Å². The summed E-state index contributed by atoms with van der Waals surface area (Å²) in [5.41, 5.74) is 8.26. The third-order valence-electron chi connectivity index (χ3n) is 2.05. The van der Waals surface area contributed by atoms with Crippen LogP contribution in [0, 0.1) is 6.92 Å². The molecule has 3 N–H and O–H groups in total. The van der Waals surface area contributed by atoms with Crippen molar-refractivity contribution in [3.05, 3.63) is 16.1 Å². The number of aromatic nitrogens is 1. The quantitative estimate of drug-likeness (QED) is 0.736. The Kier molecular flexibility index (Phi) is 4.47. The highest BCUT2D eigenvalue weighted by Crippen LogP contribution is 2.13. The summed E-state index contributed by atoms with van der Waals surface area (Å²) in [6.07, 6.45) is -0.437. The van der Waals surface area contributed by atoms with Crippen molar-refractivity contribution in [3.63, 3.8) is 0 Å². The molecule has 4 nitrogen and oxygen atoms in total. The van der Waals surface area contributed by atoms with Gasteiger partial charge in [0.2, 0.25) is 0 Å². The number of nitrogens with zero attached hydrogens (tertiary/aromatic N) is 2. The minimum atomic E-state index is -0.437. The Morgan fingerprint density at radius 1 is 1.71 bits per heavy atom. The van der Waals surface area contributed by atoms with E-state index in [0.717, 1.165) is 12.2 Å². The van der Waals surface area contributed by atoms with Crippen molar-refractivity contribution in [1.82, 2.24) is 9.88 Å². The van der Waals surface area contributed by atoms with Crippen LogP contribution in [-0.4, -0.2) is 41.2 Å². The van der Waals surface area contributed by atoms with Crippen molar-refractivity contribution in [2.45, 2.75) is 19.6 Å². The maximum absolute atomic E-state index is 9.35. The molecule has 0 saturated carbocycles. The summed E-state index contributed by atoms with van der Waals surface area (Å²) in [5, 5.41) is 9.35. The van der Waals surface area contributed by atoms with E-state index >= 15 is 0 Å². The standard InChI is InChI=1S/C9H17N3OS/c1-7-9(14-6-11-7)5-12(2)4-8(13)3-10/h6,8,13H,3-5,10H2,1-2H3. The van der Waals surface area contributed by atoms with Gasteiger partial charge in [0.25, 0.3) is 0 Å². The molecular formula is C9H17N3OS. The van der Waals surface area contributed by atoms with Crippen molar-refractivity contribution in [1.29, 1.82) is 0 Å². The molecular weight excluding hydrogens is 198 g/mol. The van der Waals surface area contributed by atoms with Crippen LogP contribution in [0.25, 0.3) is 0 Å². The zero-order chi connectivity index (χ0) is 10.6. The van der Waals surface area contributed by atoms with E-state index in [1.807, 2.05) is 19.5 Å². The Balaban J connectivity index is 2.41. The van der Waals surface area contributed by atoms with Gasteiger partial charge in [0, 0.05) is 24.5 Å². The van der Waals surface area contributed by atoms with Gasteiger partial charge >= 0.3 is 0 Å². The lowest BCUT2D eigenvalue weighted by atomic mass is 10.3. The smallest absolute Gasteiger partial charge is 0.0798 e. The molecule has 1 unspecified atom stereocenters. The Morgan fingerprint density at radius 2 is 2.43 bits per heavy atom. The number of nitrogens with two attached hydrogens (primary N) is 1. The number of aliphatic hydroxyl groups is 1. The van der Waals surface area contributed by atoms with Gasteiger partial charge in [0.1, 0.15) is 0 Å². The molecule has 1 rings (SSSR count). The molecule has 0 radical (unpaired) electrons. The summed E-state index contributed by atoms with van der Waals surface area (Å²) in [4.78, 5) is 7.47.